The predicted molar refractivity (Wildman–Crippen MR) is 111 cm³/mol. The fourth-order valence-corrected chi connectivity index (χ4v) is 4.73. The van der Waals surface area contributed by atoms with Gasteiger partial charge in [0, 0.05) is 18.5 Å². The number of allylic oxidation sites excluding steroid dienone is 2. The van der Waals surface area contributed by atoms with E-state index in [0.717, 1.165) is 28.9 Å². The van der Waals surface area contributed by atoms with Crippen LogP contribution in [0.15, 0.2) is 66.7 Å². The molecule has 1 amide bonds. The van der Waals surface area contributed by atoms with Crippen LogP contribution in [0, 0.1) is 5.92 Å². The molecular formula is C22H23N3OS. The number of nitrogens with two attached hydrogens (primary N) is 1. The van der Waals surface area contributed by atoms with Crippen molar-refractivity contribution in [1.29, 1.82) is 0 Å². The van der Waals surface area contributed by atoms with Gasteiger partial charge >= 0.3 is 0 Å². The van der Waals surface area contributed by atoms with Crippen molar-refractivity contribution in [2.45, 2.75) is 24.8 Å². The summed E-state index contributed by atoms with van der Waals surface area (Å²) >= 11 is 1.70. The van der Waals surface area contributed by atoms with Crippen molar-refractivity contribution < 1.29 is 4.79 Å². The number of benzene rings is 2. The molecule has 3 aromatic rings. The summed E-state index contributed by atoms with van der Waals surface area (Å²) in [4.78, 5) is 17.7. The van der Waals surface area contributed by atoms with Crippen molar-refractivity contribution >= 4 is 27.5 Å². The van der Waals surface area contributed by atoms with Crippen LogP contribution >= 0.6 is 11.3 Å². The Hall–Kier alpha value is -2.50. The molecular weight excluding hydrogens is 354 g/mol. The number of hydrogen-bond acceptors (Lipinski definition) is 4. The highest BCUT2D eigenvalue weighted by Gasteiger charge is 2.32. The predicted octanol–water partition coefficient (Wildman–Crippen LogP) is 4.16. The molecule has 0 saturated carbocycles. The summed E-state index contributed by atoms with van der Waals surface area (Å²) in [6, 6.07) is 17.8. The maximum Gasteiger partial charge on any atom is 0.224 e. The van der Waals surface area contributed by atoms with E-state index in [-0.39, 0.29) is 23.8 Å². The number of amides is 1. The van der Waals surface area contributed by atoms with E-state index in [9.17, 15) is 4.79 Å². The summed E-state index contributed by atoms with van der Waals surface area (Å²) in [7, 11) is 0. The number of carbonyl (C=O) groups is 1. The summed E-state index contributed by atoms with van der Waals surface area (Å²) in [5, 5.41) is 4.11. The molecule has 0 spiro atoms. The summed E-state index contributed by atoms with van der Waals surface area (Å²) in [6.07, 6.45) is 5.86. The number of nitrogens with one attached hydrogen (secondary N) is 1. The van der Waals surface area contributed by atoms with Gasteiger partial charge in [-0.15, -0.1) is 11.3 Å². The zero-order valence-corrected chi connectivity index (χ0v) is 15.9. The third-order valence-corrected chi connectivity index (χ3v) is 6.29. The zero-order chi connectivity index (χ0) is 18.6. The lowest BCUT2D eigenvalue weighted by molar-refractivity contribution is -0.125. The lowest BCUT2D eigenvalue weighted by Crippen LogP contribution is -2.38. The van der Waals surface area contributed by atoms with Gasteiger partial charge < -0.3 is 11.1 Å². The monoisotopic (exact) mass is 377 g/mol. The number of carbonyl (C=O) groups excluding carboxylic acids is 1. The number of aromatic nitrogens is 1. The number of hydrogen-bond donors (Lipinski definition) is 2. The van der Waals surface area contributed by atoms with Gasteiger partial charge in [0.05, 0.1) is 21.1 Å². The lowest BCUT2D eigenvalue weighted by atomic mass is 9.82. The zero-order valence-electron chi connectivity index (χ0n) is 15.0. The summed E-state index contributed by atoms with van der Waals surface area (Å²) in [5.41, 5.74) is 8.27. The van der Waals surface area contributed by atoms with Gasteiger partial charge in [-0.25, -0.2) is 4.98 Å². The van der Waals surface area contributed by atoms with E-state index in [1.165, 1.54) is 4.70 Å². The molecule has 3 atom stereocenters. The second kappa shape index (κ2) is 8.03. The molecule has 1 aromatic heterocycles. The van der Waals surface area contributed by atoms with Crippen LogP contribution in [0.1, 0.15) is 35.4 Å². The minimum Gasteiger partial charge on any atom is -0.354 e. The molecule has 3 unspecified atom stereocenters. The molecule has 0 radical (unpaired) electrons. The minimum absolute atomic E-state index is 0.0648. The van der Waals surface area contributed by atoms with Crippen molar-refractivity contribution in [2.24, 2.45) is 11.7 Å². The molecule has 0 bridgehead atoms. The standard InChI is InChI=1S/C22H23N3OS/c23-18(15-8-2-1-3-9-15)14-24-21(26)16-10-4-5-11-17(16)22-25-19-12-6-7-13-20(19)27-22/h1-9,12-13,16-18H,10-11,14,23H2,(H,24,26). The van der Waals surface area contributed by atoms with Crippen LogP contribution in [0.2, 0.25) is 0 Å². The van der Waals surface area contributed by atoms with Gasteiger partial charge in [-0.05, 0) is 30.5 Å². The molecule has 138 valence electrons. The van der Waals surface area contributed by atoms with Crippen LogP contribution in [0.3, 0.4) is 0 Å². The van der Waals surface area contributed by atoms with Gasteiger partial charge in [0.25, 0.3) is 0 Å². The number of thiazole rings is 1. The highest BCUT2D eigenvalue weighted by molar-refractivity contribution is 7.18. The maximum atomic E-state index is 12.9. The molecule has 4 nitrogen and oxygen atoms in total. The average Bonchev–Trinajstić information content (AvgIpc) is 3.16. The van der Waals surface area contributed by atoms with Crippen LogP contribution in [0.4, 0.5) is 0 Å². The highest BCUT2D eigenvalue weighted by Crippen LogP contribution is 2.38. The Balaban J connectivity index is 1.47. The number of rotatable bonds is 5. The van der Waals surface area contributed by atoms with Crippen LogP contribution < -0.4 is 11.1 Å². The van der Waals surface area contributed by atoms with E-state index in [1.54, 1.807) is 11.3 Å². The first-order valence-corrected chi connectivity index (χ1v) is 10.1. The van der Waals surface area contributed by atoms with Gasteiger partial charge in [-0.1, -0.05) is 54.6 Å². The van der Waals surface area contributed by atoms with Gasteiger partial charge in [0.2, 0.25) is 5.91 Å². The number of para-hydroxylation sites is 1. The summed E-state index contributed by atoms with van der Waals surface area (Å²) < 4.78 is 1.17. The van der Waals surface area contributed by atoms with Crippen molar-refractivity contribution in [3.63, 3.8) is 0 Å². The minimum atomic E-state index is -0.199. The highest BCUT2D eigenvalue weighted by atomic mass is 32.1. The Morgan fingerprint density at radius 2 is 1.85 bits per heavy atom. The average molecular weight is 378 g/mol. The third kappa shape index (κ3) is 3.94. The van der Waals surface area contributed by atoms with Gasteiger partial charge in [-0.2, -0.15) is 0 Å². The molecule has 5 heteroatoms. The van der Waals surface area contributed by atoms with E-state index in [1.807, 2.05) is 48.5 Å². The molecule has 1 heterocycles. The van der Waals surface area contributed by atoms with Crippen LogP contribution in [0.25, 0.3) is 10.2 Å². The first kappa shape index (κ1) is 17.9. The van der Waals surface area contributed by atoms with Gasteiger partial charge in [0.1, 0.15) is 0 Å². The van der Waals surface area contributed by atoms with Crippen LogP contribution in [-0.4, -0.2) is 17.4 Å². The Bertz CT molecular complexity index is 917. The Morgan fingerprint density at radius 1 is 1.11 bits per heavy atom. The Labute approximate surface area is 163 Å². The van der Waals surface area contributed by atoms with Crippen LogP contribution in [-0.2, 0) is 4.79 Å². The second-order valence-corrected chi connectivity index (χ2v) is 8.00. The van der Waals surface area contributed by atoms with E-state index >= 15 is 0 Å². The molecule has 0 aliphatic heterocycles. The first-order chi connectivity index (χ1) is 13.2. The molecule has 1 aliphatic carbocycles. The Morgan fingerprint density at radius 3 is 2.67 bits per heavy atom. The fraction of sp³-hybridized carbons (Fsp3) is 0.273. The lowest BCUT2D eigenvalue weighted by Gasteiger charge is -2.26. The van der Waals surface area contributed by atoms with E-state index in [0.29, 0.717) is 6.54 Å². The number of nitrogens with zero attached hydrogens (tertiary/aromatic N) is 1. The van der Waals surface area contributed by atoms with E-state index in [4.69, 9.17) is 10.7 Å². The summed E-state index contributed by atoms with van der Waals surface area (Å²) in [6.45, 7) is 0.440. The van der Waals surface area contributed by atoms with Crippen LogP contribution in [0.5, 0.6) is 0 Å². The van der Waals surface area contributed by atoms with Crippen molar-refractivity contribution in [3.8, 4) is 0 Å². The molecule has 3 N–H and O–H groups in total. The van der Waals surface area contributed by atoms with Crippen molar-refractivity contribution in [2.75, 3.05) is 6.54 Å². The molecule has 0 saturated heterocycles. The molecule has 0 fully saturated rings. The largest absolute Gasteiger partial charge is 0.354 e. The molecule has 1 aliphatic rings. The number of fused-ring (bicyclic) bond motifs is 1. The Kier molecular flexibility index (Phi) is 5.32. The topological polar surface area (TPSA) is 68.0 Å². The third-order valence-electron chi connectivity index (χ3n) is 5.12. The van der Waals surface area contributed by atoms with E-state index in [2.05, 4.69) is 23.5 Å². The maximum absolute atomic E-state index is 12.9. The summed E-state index contributed by atoms with van der Waals surface area (Å²) in [5.74, 6) is 0.0915. The van der Waals surface area contributed by atoms with Gasteiger partial charge in [0.15, 0.2) is 0 Å². The smallest absolute Gasteiger partial charge is 0.224 e. The molecule has 4 rings (SSSR count). The van der Waals surface area contributed by atoms with Gasteiger partial charge in [-0.3, -0.25) is 4.79 Å². The SMILES string of the molecule is NC(CNC(=O)C1CC=CCC1c1nc2ccccc2s1)c1ccccc1. The van der Waals surface area contributed by atoms with E-state index < -0.39 is 0 Å². The first-order valence-electron chi connectivity index (χ1n) is 9.31. The van der Waals surface area contributed by atoms with Crippen molar-refractivity contribution in [1.82, 2.24) is 10.3 Å². The quantitative estimate of drug-likeness (QED) is 0.656. The normalized spacial score (nSPS) is 20.5. The molecule has 27 heavy (non-hydrogen) atoms. The molecule has 2 aromatic carbocycles. The van der Waals surface area contributed by atoms with Crippen molar-refractivity contribution in [3.05, 3.63) is 77.3 Å². The second-order valence-electron chi connectivity index (χ2n) is 6.94. The fourth-order valence-electron chi connectivity index (χ4n) is 3.59.